The van der Waals surface area contributed by atoms with Gasteiger partial charge in [-0.3, -0.25) is 4.79 Å². The third-order valence-corrected chi connectivity index (χ3v) is 2.67. The molecule has 0 heterocycles. The van der Waals surface area contributed by atoms with Crippen molar-refractivity contribution in [2.24, 2.45) is 0 Å². The van der Waals surface area contributed by atoms with Gasteiger partial charge in [0, 0.05) is 11.6 Å². The molecule has 0 aromatic heterocycles. The van der Waals surface area contributed by atoms with Crippen LogP contribution in [-0.4, -0.2) is 24.0 Å². The van der Waals surface area contributed by atoms with Crippen molar-refractivity contribution in [3.8, 4) is 0 Å². The maximum atomic E-state index is 11.5. The average Bonchev–Trinajstić information content (AvgIpc) is 2.14. The Labute approximate surface area is 93.0 Å². The van der Waals surface area contributed by atoms with E-state index < -0.39 is 0 Å². The third-order valence-electron chi connectivity index (χ3n) is 2.67. The van der Waals surface area contributed by atoms with E-state index >= 15 is 0 Å². The van der Waals surface area contributed by atoms with Crippen LogP contribution in [0.1, 0.15) is 52.9 Å². The lowest BCUT2D eigenvalue weighted by Crippen LogP contribution is -2.46. The van der Waals surface area contributed by atoms with Crippen molar-refractivity contribution in [1.82, 2.24) is 10.6 Å². The fourth-order valence-corrected chi connectivity index (χ4v) is 2.01. The van der Waals surface area contributed by atoms with Crippen LogP contribution in [0.25, 0.3) is 0 Å². The first kappa shape index (κ1) is 12.5. The number of nitrogens with one attached hydrogen (secondary N) is 2. The molecule has 0 atom stereocenters. The summed E-state index contributed by atoms with van der Waals surface area (Å²) in [5.41, 5.74) is -0.120. The van der Waals surface area contributed by atoms with Crippen molar-refractivity contribution in [3.05, 3.63) is 0 Å². The van der Waals surface area contributed by atoms with E-state index in [0.29, 0.717) is 12.6 Å². The topological polar surface area (TPSA) is 41.1 Å². The molecule has 0 radical (unpaired) electrons. The van der Waals surface area contributed by atoms with Crippen LogP contribution >= 0.6 is 0 Å². The molecule has 1 saturated carbocycles. The lowest BCUT2D eigenvalue weighted by atomic mass is 9.95. The van der Waals surface area contributed by atoms with Gasteiger partial charge in [0.15, 0.2) is 0 Å². The zero-order chi connectivity index (χ0) is 11.3. The lowest BCUT2D eigenvalue weighted by molar-refractivity contribution is -0.121. The van der Waals surface area contributed by atoms with E-state index in [0.717, 1.165) is 0 Å². The van der Waals surface area contributed by atoms with Crippen LogP contribution in [0.5, 0.6) is 0 Å². The van der Waals surface area contributed by atoms with Gasteiger partial charge >= 0.3 is 0 Å². The molecular weight excluding hydrogens is 188 g/mol. The number of carbonyl (C=O) groups is 1. The van der Waals surface area contributed by atoms with Crippen molar-refractivity contribution < 1.29 is 4.79 Å². The van der Waals surface area contributed by atoms with Gasteiger partial charge in [-0.2, -0.15) is 0 Å². The Morgan fingerprint density at radius 1 is 1.20 bits per heavy atom. The molecule has 3 heteroatoms. The van der Waals surface area contributed by atoms with Crippen LogP contribution in [0.15, 0.2) is 0 Å². The molecule has 0 aromatic rings. The monoisotopic (exact) mass is 212 g/mol. The minimum atomic E-state index is -0.120. The first-order valence-corrected chi connectivity index (χ1v) is 6.02. The number of hydrogen-bond acceptors (Lipinski definition) is 2. The molecule has 1 rings (SSSR count). The Morgan fingerprint density at radius 3 is 2.33 bits per heavy atom. The molecule has 1 fully saturated rings. The van der Waals surface area contributed by atoms with E-state index in [9.17, 15) is 4.79 Å². The van der Waals surface area contributed by atoms with Crippen LogP contribution in [0.3, 0.4) is 0 Å². The zero-order valence-electron chi connectivity index (χ0n) is 10.2. The minimum absolute atomic E-state index is 0.105. The number of hydrogen-bond donors (Lipinski definition) is 2. The highest BCUT2D eigenvalue weighted by Crippen LogP contribution is 2.16. The molecule has 15 heavy (non-hydrogen) atoms. The van der Waals surface area contributed by atoms with Gasteiger partial charge in [0.1, 0.15) is 0 Å². The molecule has 3 nitrogen and oxygen atoms in total. The summed E-state index contributed by atoms with van der Waals surface area (Å²) in [5.74, 6) is 0.105. The second-order valence-corrected chi connectivity index (χ2v) is 5.51. The summed E-state index contributed by atoms with van der Waals surface area (Å²) in [7, 11) is 0. The predicted molar refractivity (Wildman–Crippen MR) is 62.8 cm³/mol. The first-order chi connectivity index (χ1) is 6.97. The van der Waals surface area contributed by atoms with E-state index in [2.05, 4.69) is 10.6 Å². The molecule has 1 amide bonds. The Hall–Kier alpha value is -0.570. The standard InChI is InChI=1S/C12H24N2O/c1-12(2,3)14-11(15)9-13-10-7-5-4-6-8-10/h10,13H,4-9H2,1-3H3,(H,14,15). The fourth-order valence-electron chi connectivity index (χ4n) is 2.01. The second-order valence-electron chi connectivity index (χ2n) is 5.51. The second kappa shape index (κ2) is 5.50. The summed E-state index contributed by atoms with van der Waals surface area (Å²) in [4.78, 5) is 11.5. The quantitative estimate of drug-likeness (QED) is 0.749. The molecular formula is C12H24N2O. The average molecular weight is 212 g/mol. The number of rotatable bonds is 3. The summed E-state index contributed by atoms with van der Waals surface area (Å²) >= 11 is 0. The highest BCUT2D eigenvalue weighted by atomic mass is 16.2. The normalized spacial score (nSPS) is 18.9. The molecule has 2 N–H and O–H groups in total. The van der Waals surface area contributed by atoms with Gasteiger partial charge in [0.05, 0.1) is 6.54 Å². The molecule has 88 valence electrons. The fraction of sp³-hybridized carbons (Fsp3) is 0.917. The molecule has 0 bridgehead atoms. The van der Waals surface area contributed by atoms with Crippen LogP contribution in [0, 0.1) is 0 Å². The molecule has 1 aliphatic carbocycles. The molecule has 0 aliphatic heterocycles. The third kappa shape index (κ3) is 5.78. The maximum Gasteiger partial charge on any atom is 0.234 e. The summed E-state index contributed by atoms with van der Waals surface area (Å²) in [6.45, 7) is 6.48. The van der Waals surface area contributed by atoms with E-state index in [1.165, 1.54) is 32.1 Å². The number of amides is 1. The molecule has 0 spiro atoms. The summed E-state index contributed by atoms with van der Waals surface area (Å²) in [6.07, 6.45) is 6.41. The smallest absolute Gasteiger partial charge is 0.234 e. The predicted octanol–water partition coefficient (Wildman–Crippen LogP) is 1.82. The highest BCUT2D eigenvalue weighted by Gasteiger charge is 2.16. The van der Waals surface area contributed by atoms with Crippen LogP contribution < -0.4 is 10.6 Å². The summed E-state index contributed by atoms with van der Waals surface area (Å²) < 4.78 is 0. The van der Waals surface area contributed by atoms with Gasteiger partial charge in [-0.15, -0.1) is 0 Å². The van der Waals surface area contributed by atoms with Crippen molar-refractivity contribution in [1.29, 1.82) is 0 Å². The van der Waals surface area contributed by atoms with Crippen LogP contribution in [0.4, 0.5) is 0 Å². The van der Waals surface area contributed by atoms with Gasteiger partial charge in [0.25, 0.3) is 0 Å². The molecule has 1 aliphatic rings. The van der Waals surface area contributed by atoms with E-state index in [4.69, 9.17) is 0 Å². The largest absolute Gasteiger partial charge is 0.350 e. The highest BCUT2D eigenvalue weighted by molar-refractivity contribution is 5.78. The van der Waals surface area contributed by atoms with Crippen LogP contribution in [-0.2, 0) is 4.79 Å². The van der Waals surface area contributed by atoms with Gasteiger partial charge < -0.3 is 10.6 Å². The Morgan fingerprint density at radius 2 is 1.80 bits per heavy atom. The van der Waals surface area contributed by atoms with Gasteiger partial charge in [-0.05, 0) is 33.6 Å². The van der Waals surface area contributed by atoms with Crippen molar-refractivity contribution in [3.63, 3.8) is 0 Å². The SMILES string of the molecule is CC(C)(C)NC(=O)CNC1CCCCC1. The molecule has 0 saturated heterocycles. The van der Waals surface area contributed by atoms with Gasteiger partial charge in [-0.25, -0.2) is 0 Å². The molecule has 0 unspecified atom stereocenters. The first-order valence-electron chi connectivity index (χ1n) is 6.02. The van der Waals surface area contributed by atoms with E-state index in [1.54, 1.807) is 0 Å². The van der Waals surface area contributed by atoms with Crippen molar-refractivity contribution in [2.45, 2.75) is 64.5 Å². The Kier molecular flexibility index (Phi) is 4.58. The lowest BCUT2D eigenvalue weighted by Gasteiger charge is -2.24. The molecule has 0 aromatic carbocycles. The number of carbonyl (C=O) groups excluding carboxylic acids is 1. The maximum absolute atomic E-state index is 11.5. The minimum Gasteiger partial charge on any atom is -0.350 e. The summed E-state index contributed by atoms with van der Waals surface area (Å²) in [5, 5.41) is 6.29. The Balaban J connectivity index is 2.15. The van der Waals surface area contributed by atoms with E-state index in [-0.39, 0.29) is 11.4 Å². The van der Waals surface area contributed by atoms with Gasteiger partial charge in [-0.1, -0.05) is 19.3 Å². The van der Waals surface area contributed by atoms with Crippen molar-refractivity contribution in [2.75, 3.05) is 6.54 Å². The Bertz CT molecular complexity index is 202. The van der Waals surface area contributed by atoms with E-state index in [1.807, 2.05) is 20.8 Å². The van der Waals surface area contributed by atoms with Crippen LogP contribution in [0.2, 0.25) is 0 Å². The zero-order valence-corrected chi connectivity index (χ0v) is 10.2. The summed E-state index contributed by atoms with van der Waals surface area (Å²) in [6, 6.07) is 0.560. The van der Waals surface area contributed by atoms with Crippen molar-refractivity contribution >= 4 is 5.91 Å². The van der Waals surface area contributed by atoms with Gasteiger partial charge in [0.2, 0.25) is 5.91 Å².